The Balaban J connectivity index is 1.66. The Hall–Kier alpha value is -3.35. The van der Waals surface area contributed by atoms with Crippen molar-refractivity contribution in [2.75, 3.05) is 18.0 Å². The van der Waals surface area contributed by atoms with Crippen molar-refractivity contribution in [2.45, 2.75) is 45.8 Å². The van der Waals surface area contributed by atoms with E-state index in [2.05, 4.69) is 10.2 Å². The molecule has 2 heterocycles. The molecule has 0 bridgehead atoms. The molecule has 1 atom stereocenters. The minimum atomic E-state index is -0.532. The lowest BCUT2D eigenvalue weighted by atomic mass is 10.1. The van der Waals surface area contributed by atoms with Crippen LogP contribution in [0.15, 0.2) is 42.5 Å². The van der Waals surface area contributed by atoms with Crippen LogP contribution in [0.3, 0.4) is 0 Å². The van der Waals surface area contributed by atoms with Gasteiger partial charge in [0.25, 0.3) is 0 Å². The molecular weight excluding hydrogens is 392 g/mol. The van der Waals surface area contributed by atoms with Crippen molar-refractivity contribution in [3.63, 3.8) is 0 Å². The third kappa shape index (κ3) is 4.71. The number of hydrogen-bond donors (Lipinski definition) is 2. The van der Waals surface area contributed by atoms with Crippen LogP contribution in [0.1, 0.15) is 32.8 Å². The normalized spacial score (nSPS) is 16.5. The zero-order valence-electron chi connectivity index (χ0n) is 18.3. The fourth-order valence-corrected chi connectivity index (χ4v) is 3.79. The van der Waals surface area contributed by atoms with Gasteiger partial charge in [-0.15, -0.1) is 0 Å². The van der Waals surface area contributed by atoms with Crippen LogP contribution in [0.2, 0.25) is 0 Å². The van der Waals surface area contributed by atoms with Crippen LogP contribution in [0, 0.1) is 6.92 Å². The lowest BCUT2D eigenvalue weighted by Gasteiger charge is -2.23. The number of carbonyl (C=O) groups excluding carboxylic acids is 1. The number of hydrogen-bond acceptors (Lipinski definition) is 6. The number of aryl methyl sites for hydroxylation is 1. The molecule has 1 aliphatic heterocycles. The van der Waals surface area contributed by atoms with Gasteiger partial charge in [-0.05, 0) is 63.9 Å². The van der Waals surface area contributed by atoms with E-state index in [-0.39, 0.29) is 11.8 Å². The number of alkyl carbamates (subject to hydrolysis) is 1. The monoisotopic (exact) mass is 420 g/mol. The van der Waals surface area contributed by atoms with Crippen LogP contribution in [0.4, 0.5) is 10.6 Å². The fourth-order valence-electron chi connectivity index (χ4n) is 3.79. The lowest BCUT2D eigenvalue weighted by molar-refractivity contribution is 0.0509. The third-order valence-corrected chi connectivity index (χ3v) is 5.19. The highest BCUT2D eigenvalue weighted by Gasteiger charge is 2.28. The summed E-state index contributed by atoms with van der Waals surface area (Å²) in [6, 6.07) is 13.1. The van der Waals surface area contributed by atoms with E-state index in [4.69, 9.17) is 14.7 Å². The van der Waals surface area contributed by atoms with Crippen molar-refractivity contribution in [1.29, 1.82) is 0 Å². The molecule has 0 spiro atoms. The van der Waals surface area contributed by atoms with E-state index in [1.165, 1.54) is 0 Å². The van der Waals surface area contributed by atoms with E-state index in [1.807, 2.05) is 58.0 Å². The summed E-state index contributed by atoms with van der Waals surface area (Å²) in [6.45, 7) is 8.95. The number of nitrogens with one attached hydrogen (secondary N) is 1. The van der Waals surface area contributed by atoms with E-state index < -0.39 is 11.7 Å². The van der Waals surface area contributed by atoms with Gasteiger partial charge in [0.15, 0.2) is 5.82 Å². The first-order chi connectivity index (χ1) is 14.7. The number of anilines is 1. The molecule has 1 aromatic heterocycles. The molecule has 4 rings (SSSR count). The molecule has 2 N–H and O–H groups in total. The van der Waals surface area contributed by atoms with E-state index in [0.29, 0.717) is 17.9 Å². The summed E-state index contributed by atoms with van der Waals surface area (Å²) in [5.74, 6) is 1.43. The maximum absolute atomic E-state index is 12.2. The number of nitrogens with zero attached hydrogens (tertiary/aromatic N) is 3. The van der Waals surface area contributed by atoms with Crippen LogP contribution in [-0.2, 0) is 4.74 Å². The van der Waals surface area contributed by atoms with Gasteiger partial charge in [0.05, 0.1) is 17.1 Å². The van der Waals surface area contributed by atoms with Crippen molar-refractivity contribution in [3.8, 4) is 17.1 Å². The predicted molar refractivity (Wildman–Crippen MR) is 121 cm³/mol. The summed E-state index contributed by atoms with van der Waals surface area (Å²) in [6.07, 6.45) is 0.389. The first-order valence-corrected chi connectivity index (χ1v) is 10.5. The minimum absolute atomic E-state index is 0.0288. The van der Waals surface area contributed by atoms with Crippen molar-refractivity contribution in [1.82, 2.24) is 15.3 Å². The maximum atomic E-state index is 12.2. The quantitative estimate of drug-likeness (QED) is 0.652. The number of amides is 1. The van der Waals surface area contributed by atoms with Gasteiger partial charge >= 0.3 is 6.09 Å². The highest BCUT2D eigenvalue weighted by atomic mass is 16.6. The molecular formula is C24H28N4O3. The molecule has 0 unspecified atom stereocenters. The first kappa shape index (κ1) is 20.9. The highest BCUT2D eigenvalue weighted by molar-refractivity contribution is 5.92. The number of ether oxygens (including phenoxy) is 1. The zero-order chi connectivity index (χ0) is 22.2. The number of aromatic nitrogens is 2. The number of phenolic OH excluding ortho intramolecular Hbond substituents is 1. The van der Waals surface area contributed by atoms with Gasteiger partial charge in [0, 0.05) is 18.5 Å². The molecule has 31 heavy (non-hydrogen) atoms. The van der Waals surface area contributed by atoms with Gasteiger partial charge in [0.2, 0.25) is 0 Å². The van der Waals surface area contributed by atoms with Gasteiger partial charge in [-0.25, -0.2) is 14.8 Å². The SMILES string of the molecule is Cc1ccc2c(N3CC[C@H](NC(=O)OC(C)(C)C)C3)nc(-c3ccccc3O)nc2c1. The standard InChI is InChI=1S/C24H28N4O3/c1-15-9-10-17-19(13-15)26-21(18-7-5-6-8-20(18)29)27-22(17)28-12-11-16(14-28)25-23(30)31-24(2,3)4/h5-10,13,16,29H,11-12,14H2,1-4H3,(H,25,30)/t16-/m0/s1. The molecule has 0 aliphatic carbocycles. The van der Waals surface area contributed by atoms with Crippen molar-refractivity contribution < 1.29 is 14.6 Å². The minimum Gasteiger partial charge on any atom is -0.507 e. The Morgan fingerprint density at radius 2 is 1.97 bits per heavy atom. The summed E-state index contributed by atoms with van der Waals surface area (Å²) < 4.78 is 5.39. The van der Waals surface area contributed by atoms with Crippen LogP contribution < -0.4 is 10.2 Å². The van der Waals surface area contributed by atoms with Gasteiger partial charge in [-0.1, -0.05) is 18.2 Å². The van der Waals surface area contributed by atoms with Crippen molar-refractivity contribution in [2.24, 2.45) is 0 Å². The van der Waals surface area contributed by atoms with Crippen molar-refractivity contribution >= 4 is 22.8 Å². The average molecular weight is 421 g/mol. The maximum Gasteiger partial charge on any atom is 0.407 e. The number of para-hydroxylation sites is 1. The van der Waals surface area contributed by atoms with Gasteiger partial charge in [0.1, 0.15) is 17.2 Å². The fraction of sp³-hybridized carbons (Fsp3) is 0.375. The summed E-state index contributed by atoms with van der Waals surface area (Å²) in [4.78, 5) is 23.9. The molecule has 162 valence electrons. The van der Waals surface area contributed by atoms with Gasteiger partial charge in [-0.2, -0.15) is 0 Å². The van der Waals surface area contributed by atoms with Crippen LogP contribution in [0.25, 0.3) is 22.3 Å². The molecule has 1 amide bonds. The number of fused-ring (bicyclic) bond motifs is 1. The largest absolute Gasteiger partial charge is 0.507 e. The molecule has 7 nitrogen and oxygen atoms in total. The van der Waals surface area contributed by atoms with E-state index in [0.717, 1.165) is 35.2 Å². The van der Waals surface area contributed by atoms with Crippen LogP contribution >= 0.6 is 0 Å². The second-order valence-corrected chi connectivity index (χ2v) is 8.99. The average Bonchev–Trinajstić information content (AvgIpc) is 3.13. The Bertz CT molecular complexity index is 1120. The van der Waals surface area contributed by atoms with Crippen LogP contribution in [0.5, 0.6) is 5.75 Å². The van der Waals surface area contributed by atoms with Gasteiger partial charge in [-0.3, -0.25) is 0 Å². The van der Waals surface area contributed by atoms with E-state index in [9.17, 15) is 9.90 Å². The zero-order valence-corrected chi connectivity index (χ0v) is 18.3. The summed E-state index contributed by atoms with van der Waals surface area (Å²) in [5.41, 5.74) is 1.99. The Labute approximate surface area is 182 Å². The first-order valence-electron chi connectivity index (χ1n) is 10.5. The predicted octanol–water partition coefficient (Wildman–Crippen LogP) is 4.41. The molecule has 7 heteroatoms. The second-order valence-electron chi connectivity index (χ2n) is 8.99. The van der Waals surface area contributed by atoms with Gasteiger partial charge < -0.3 is 20.1 Å². The number of phenols is 1. The van der Waals surface area contributed by atoms with Crippen molar-refractivity contribution in [3.05, 3.63) is 48.0 Å². The van der Waals surface area contributed by atoms with Crippen LogP contribution in [-0.4, -0.2) is 45.9 Å². The number of rotatable bonds is 3. The summed E-state index contributed by atoms with van der Waals surface area (Å²) in [7, 11) is 0. The Morgan fingerprint density at radius 3 is 2.71 bits per heavy atom. The molecule has 0 saturated carbocycles. The number of benzene rings is 2. The molecule has 3 aromatic rings. The van der Waals surface area contributed by atoms with E-state index >= 15 is 0 Å². The van der Waals surface area contributed by atoms with E-state index in [1.54, 1.807) is 12.1 Å². The third-order valence-electron chi connectivity index (χ3n) is 5.19. The Morgan fingerprint density at radius 1 is 1.19 bits per heavy atom. The molecule has 1 fully saturated rings. The smallest absolute Gasteiger partial charge is 0.407 e. The Kier molecular flexibility index (Phi) is 5.43. The number of carbonyl (C=O) groups is 1. The summed E-state index contributed by atoms with van der Waals surface area (Å²) >= 11 is 0. The molecule has 2 aromatic carbocycles. The molecule has 1 aliphatic rings. The summed E-state index contributed by atoms with van der Waals surface area (Å²) in [5, 5.41) is 14.2. The topological polar surface area (TPSA) is 87.6 Å². The molecule has 0 radical (unpaired) electrons. The molecule has 1 saturated heterocycles. The number of aromatic hydroxyl groups is 1. The highest BCUT2D eigenvalue weighted by Crippen LogP contribution is 2.33. The lowest BCUT2D eigenvalue weighted by Crippen LogP contribution is -2.40. The second kappa shape index (κ2) is 8.06.